The molecule has 3 nitrogen and oxygen atoms in total. The van der Waals surface area contributed by atoms with E-state index in [4.69, 9.17) is 11.6 Å². The molecule has 2 aromatic rings. The molecule has 3 rings (SSSR count). The van der Waals surface area contributed by atoms with Gasteiger partial charge < -0.3 is 5.11 Å². The molecule has 0 aromatic heterocycles. The number of carbonyl (C=O) groups excluding carboxylic acids is 2. The van der Waals surface area contributed by atoms with Crippen LogP contribution in [0.2, 0.25) is 5.02 Å². The van der Waals surface area contributed by atoms with Crippen molar-refractivity contribution in [1.29, 1.82) is 0 Å². The molecule has 25 heavy (non-hydrogen) atoms. The standard InChI is InChI=1S/C20H18BrClO3/c1-12-6-7-15-16(8-12)18(24)19(2,17(15)23)10-20(25,11-21)13-4-3-5-14(22)9-13/h3-9,25H,10-11H2,1-2H3. The summed E-state index contributed by atoms with van der Waals surface area (Å²) in [6.07, 6.45) is -0.0169. The summed E-state index contributed by atoms with van der Waals surface area (Å²) in [5.74, 6) is -0.480. The Bertz CT molecular complexity index is 879. The van der Waals surface area contributed by atoms with Gasteiger partial charge in [-0.05, 0) is 37.6 Å². The molecule has 1 aliphatic carbocycles. The molecule has 0 aliphatic heterocycles. The Labute approximate surface area is 160 Å². The van der Waals surface area contributed by atoms with Gasteiger partial charge in [-0.25, -0.2) is 0 Å². The molecule has 0 bridgehead atoms. The Morgan fingerprint density at radius 3 is 2.44 bits per heavy atom. The predicted molar refractivity (Wildman–Crippen MR) is 102 cm³/mol. The minimum absolute atomic E-state index is 0.0169. The van der Waals surface area contributed by atoms with Gasteiger partial charge in [0, 0.05) is 27.9 Å². The molecular formula is C20H18BrClO3. The van der Waals surface area contributed by atoms with Crippen molar-refractivity contribution in [2.75, 3.05) is 5.33 Å². The Morgan fingerprint density at radius 1 is 1.12 bits per heavy atom. The number of hydrogen-bond acceptors (Lipinski definition) is 3. The van der Waals surface area contributed by atoms with Gasteiger partial charge in [-0.2, -0.15) is 0 Å². The number of hydrogen-bond donors (Lipinski definition) is 1. The van der Waals surface area contributed by atoms with Crippen LogP contribution in [-0.4, -0.2) is 22.0 Å². The van der Waals surface area contributed by atoms with E-state index in [-0.39, 0.29) is 23.3 Å². The number of alkyl halides is 1. The Hall–Kier alpha value is -1.49. The van der Waals surface area contributed by atoms with E-state index >= 15 is 0 Å². The second-order valence-corrected chi connectivity index (χ2v) is 7.89. The number of benzene rings is 2. The average Bonchev–Trinajstić information content (AvgIpc) is 2.76. The first-order valence-electron chi connectivity index (χ1n) is 7.96. The summed E-state index contributed by atoms with van der Waals surface area (Å²) in [5.41, 5.74) is -0.319. The number of rotatable bonds is 4. The molecule has 0 saturated carbocycles. The van der Waals surface area contributed by atoms with Crippen LogP contribution in [0.15, 0.2) is 42.5 Å². The number of fused-ring (bicyclic) bond motifs is 1. The minimum Gasteiger partial charge on any atom is -0.384 e. The van der Waals surface area contributed by atoms with Crippen LogP contribution in [0.1, 0.15) is 45.2 Å². The van der Waals surface area contributed by atoms with E-state index in [9.17, 15) is 14.7 Å². The highest BCUT2D eigenvalue weighted by Crippen LogP contribution is 2.45. The number of ketones is 2. The maximum Gasteiger partial charge on any atom is 0.177 e. The molecule has 0 heterocycles. The van der Waals surface area contributed by atoms with Crippen LogP contribution in [0.4, 0.5) is 0 Å². The normalized spacial score (nSPS) is 22.0. The van der Waals surface area contributed by atoms with Gasteiger partial charge in [-0.3, -0.25) is 9.59 Å². The molecule has 0 amide bonds. The van der Waals surface area contributed by atoms with E-state index in [0.717, 1.165) is 5.56 Å². The molecule has 0 spiro atoms. The van der Waals surface area contributed by atoms with Gasteiger partial charge in [-0.1, -0.05) is 57.4 Å². The van der Waals surface area contributed by atoms with Gasteiger partial charge >= 0.3 is 0 Å². The van der Waals surface area contributed by atoms with Crippen LogP contribution >= 0.6 is 27.5 Å². The SMILES string of the molecule is Cc1ccc2c(c1)C(=O)C(C)(CC(O)(CBr)c1cccc(Cl)c1)C2=O. The third kappa shape index (κ3) is 2.97. The lowest BCUT2D eigenvalue weighted by atomic mass is 9.73. The first-order chi connectivity index (χ1) is 11.7. The lowest BCUT2D eigenvalue weighted by Crippen LogP contribution is -2.41. The van der Waals surface area contributed by atoms with Crippen molar-refractivity contribution in [3.8, 4) is 0 Å². The van der Waals surface area contributed by atoms with E-state index in [1.165, 1.54) is 0 Å². The number of Topliss-reactive ketones (excluding diaryl/α,β-unsaturated/α-hetero) is 2. The lowest BCUT2D eigenvalue weighted by Gasteiger charge is -2.33. The van der Waals surface area contributed by atoms with E-state index in [2.05, 4.69) is 15.9 Å². The number of aryl methyl sites for hydroxylation is 1. The second-order valence-electron chi connectivity index (χ2n) is 6.89. The van der Waals surface area contributed by atoms with Gasteiger partial charge in [0.25, 0.3) is 0 Å². The maximum atomic E-state index is 13.0. The molecule has 1 aliphatic rings. The summed E-state index contributed by atoms with van der Waals surface area (Å²) < 4.78 is 0. The maximum absolute atomic E-state index is 13.0. The summed E-state index contributed by atoms with van der Waals surface area (Å²) in [4.78, 5) is 26.0. The lowest BCUT2D eigenvalue weighted by molar-refractivity contribution is 0.0158. The molecule has 130 valence electrons. The van der Waals surface area contributed by atoms with Crippen molar-refractivity contribution in [3.63, 3.8) is 0 Å². The van der Waals surface area contributed by atoms with Crippen molar-refractivity contribution < 1.29 is 14.7 Å². The highest BCUT2D eigenvalue weighted by molar-refractivity contribution is 9.09. The fourth-order valence-corrected chi connectivity index (χ4v) is 4.20. The zero-order valence-electron chi connectivity index (χ0n) is 14.0. The quantitative estimate of drug-likeness (QED) is 0.575. The van der Waals surface area contributed by atoms with Crippen molar-refractivity contribution >= 4 is 39.1 Å². The van der Waals surface area contributed by atoms with E-state index in [1.807, 2.05) is 13.0 Å². The van der Waals surface area contributed by atoms with Gasteiger partial charge in [0.05, 0.1) is 5.41 Å². The third-order valence-corrected chi connectivity index (χ3v) is 6.06. The van der Waals surface area contributed by atoms with E-state index in [1.54, 1.807) is 43.3 Å². The van der Waals surface area contributed by atoms with Gasteiger partial charge in [-0.15, -0.1) is 0 Å². The monoisotopic (exact) mass is 420 g/mol. The van der Waals surface area contributed by atoms with Gasteiger partial charge in [0.15, 0.2) is 11.6 Å². The molecule has 2 atom stereocenters. The smallest absolute Gasteiger partial charge is 0.177 e. The Kier molecular flexibility index (Phi) is 4.65. The Balaban J connectivity index is 2.04. The zero-order chi connectivity index (χ0) is 18.4. The van der Waals surface area contributed by atoms with E-state index < -0.39 is 11.0 Å². The van der Waals surface area contributed by atoms with Crippen LogP contribution in [0.3, 0.4) is 0 Å². The van der Waals surface area contributed by atoms with Gasteiger partial charge in [0.1, 0.15) is 5.60 Å². The molecule has 0 radical (unpaired) electrons. The van der Waals surface area contributed by atoms with Gasteiger partial charge in [0.2, 0.25) is 0 Å². The van der Waals surface area contributed by atoms with Crippen molar-refractivity contribution in [3.05, 3.63) is 69.7 Å². The molecular weight excluding hydrogens is 404 g/mol. The average molecular weight is 422 g/mol. The van der Waals surface area contributed by atoms with Crippen molar-refractivity contribution in [2.24, 2.45) is 5.41 Å². The molecule has 0 fully saturated rings. The second kappa shape index (κ2) is 6.35. The molecule has 5 heteroatoms. The largest absolute Gasteiger partial charge is 0.384 e. The molecule has 2 aromatic carbocycles. The Morgan fingerprint density at radius 2 is 1.80 bits per heavy atom. The first-order valence-corrected chi connectivity index (χ1v) is 9.46. The van der Waals surface area contributed by atoms with Crippen molar-refractivity contribution in [1.82, 2.24) is 0 Å². The summed E-state index contributed by atoms with van der Waals surface area (Å²) in [6.45, 7) is 3.50. The topological polar surface area (TPSA) is 54.4 Å². The minimum atomic E-state index is -1.39. The number of aliphatic hydroxyl groups is 1. The summed E-state index contributed by atoms with van der Waals surface area (Å²) in [7, 11) is 0. The third-order valence-electron chi connectivity index (χ3n) is 4.90. The number of halogens is 2. The fraction of sp³-hybridized carbons (Fsp3) is 0.300. The summed E-state index contributed by atoms with van der Waals surface area (Å²) in [5, 5.41) is 11.9. The van der Waals surface area contributed by atoms with Crippen LogP contribution < -0.4 is 0 Å². The first kappa shape index (κ1) is 18.3. The molecule has 2 unspecified atom stereocenters. The molecule has 0 saturated heterocycles. The highest BCUT2D eigenvalue weighted by atomic mass is 79.9. The predicted octanol–water partition coefficient (Wildman–Crippen LogP) is 4.71. The van der Waals surface area contributed by atoms with Crippen molar-refractivity contribution in [2.45, 2.75) is 25.9 Å². The van der Waals surface area contributed by atoms with Crippen LogP contribution in [0.5, 0.6) is 0 Å². The summed E-state index contributed by atoms with van der Waals surface area (Å²) in [6, 6.07) is 12.1. The molecule has 1 N–H and O–H groups in total. The zero-order valence-corrected chi connectivity index (χ0v) is 16.3. The number of carbonyl (C=O) groups is 2. The van der Waals surface area contributed by atoms with E-state index in [0.29, 0.717) is 21.7 Å². The van der Waals surface area contributed by atoms with Crippen LogP contribution in [0.25, 0.3) is 0 Å². The summed E-state index contributed by atoms with van der Waals surface area (Å²) >= 11 is 9.38. The highest BCUT2D eigenvalue weighted by Gasteiger charge is 2.53. The fourth-order valence-electron chi connectivity index (χ4n) is 3.49. The van der Waals surface area contributed by atoms with Crippen LogP contribution in [0, 0.1) is 12.3 Å². The van der Waals surface area contributed by atoms with Crippen LogP contribution in [-0.2, 0) is 5.60 Å².